The molecule has 3 atom stereocenters. The highest BCUT2D eigenvalue weighted by atomic mass is 16.4. The third-order valence-corrected chi connectivity index (χ3v) is 2.97. The molecule has 14 heavy (non-hydrogen) atoms. The fraction of sp³-hybridized carbons (Fsp3) is 0.500. The van der Waals surface area contributed by atoms with Crippen LogP contribution < -0.4 is 0 Å². The summed E-state index contributed by atoms with van der Waals surface area (Å²) in [5, 5.41) is 8.87. The Morgan fingerprint density at radius 1 is 1.36 bits per heavy atom. The van der Waals surface area contributed by atoms with Crippen molar-refractivity contribution in [3.05, 3.63) is 12.2 Å². The zero-order valence-corrected chi connectivity index (χ0v) is 7.47. The van der Waals surface area contributed by atoms with E-state index in [0.717, 1.165) is 0 Å². The highest BCUT2D eigenvalue weighted by Crippen LogP contribution is 2.38. The molecule has 0 aromatic heterocycles. The van der Waals surface area contributed by atoms with Crippen molar-refractivity contribution in [3.8, 4) is 0 Å². The van der Waals surface area contributed by atoms with Crippen LogP contribution in [0.15, 0.2) is 12.2 Å². The van der Waals surface area contributed by atoms with Gasteiger partial charge in [-0.25, -0.2) is 0 Å². The van der Waals surface area contributed by atoms with Crippen molar-refractivity contribution in [2.45, 2.75) is 12.8 Å². The predicted octanol–water partition coefficient (Wildman–Crippen LogP) is 0.421. The molecule has 0 spiro atoms. The second kappa shape index (κ2) is 3.04. The summed E-state index contributed by atoms with van der Waals surface area (Å²) in [6.07, 6.45) is 3.65. The highest BCUT2D eigenvalue weighted by molar-refractivity contribution is 6.10. The summed E-state index contributed by atoms with van der Waals surface area (Å²) in [5.74, 6) is -3.11. The molecule has 0 aliphatic heterocycles. The second-order valence-corrected chi connectivity index (χ2v) is 3.77. The summed E-state index contributed by atoms with van der Waals surface area (Å²) in [6, 6.07) is 0. The number of hydrogen-bond acceptors (Lipinski definition) is 3. The molecule has 2 rings (SSSR count). The summed E-state index contributed by atoms with van der Waals surface area (Å²) >= 11 is 0. The Labute approximate surface area is 80.6 Å². The van der Waals surface area contributed by atoms with Crippen molar-refractivity contribution in [3.63, 3.8) is 0 Å². The van der Waals surface area contributed by atoms with Crippen LogP contribution in [-0.4, -0.2) is 22.6 Å². The van der Waals surface area contributed by atoms with Crippen LogP contribution in [0.25, 0.3) is 0 Å². The first-order valence-corrected chi connectivity index (χ1v) is 4.56. The molecule has 0 radical (unpaired) electrons. The number of allylic oxidation sites excluding steroid dienone is 1. The van der Waals surface area contributed by atoms with Crippen molar-refractivity contribution in [2.75, 3.05) is 0 Å². The van der Waals surface area contributed by atoms with Gasteiger partial charge in [0, 0.05) is 11.8 Å². The molecule has 1 fully saturated rings. The number of carbonyl (C=O) groups is 3. The molecule has 74 valence electrons. The highest BCUT2D eigenvalue weighted by Gasteiger charge is 2.48. The smallest absolute Gasteiger partial charge is 0.311 e. The van der Waals surface area contributed by atoms with Gasteiger partial charge in [-0.15, -0.1) is 0 Å². The number of fused-ring (bicyclic) bond motifs is 1. The van der Waals surface area contributed by atoms with Crippen LogP contribution in [-0.2, 0) is 14.4 Å². The normalized spacial score (nSPS) is 35.9. The summed E-state index contributed by atoms with van der Waals surface area (Å²) in [6.45, 7) is 0. The van der Waals surface area contributed by atoms with Gasteiger partial charge in [0.05, 0.1) is 12.3 Å². The van der Waals surface area contributed by atoms with Crippen molar-refractivity contribution < 1.29 is 19.5 Å². The molecule has 1 saturated carbocycles. The second-order valence-electron chi connectivity index (χ2n) is 3.77. The Balaban J connectivity index is 2.35. The number of hydrogen-bond donors (Lipinski definition) is 1. The first-order chi connectivity index (χ1) is 6.61. The zero-order chi connectivity index (χ0) is 10.3. The fourth-order valence-corrected chi connectivity index (χ4v) is 2.30. The van der Waals surface area contributed by atoms with Crippen molar-refractivity contribution in [1.29, 1.82) is 0 Å². The van der Waals surface area contributed by atoms with Crippen LogP contribution >= 0.6 is 0 Å². The zero-order valence-electron chi connectivity index (χ0n) is 7.47. The minimum absolute atomic E-state index is 0.0825. The van der Waals surface area contributed by atoms with E-state index in [1.807, 2.05) is 0 Å². The Kier molecular flexibility index (Phi) is 1.98. The Bertz CT molecular complexity index is 342. The van der Waals surface area contributed by atoms with Crippen LogP contribution in [0.2, 0.25) is 0 Å². The Morgan fingerprint density at radius 2 is 2.07 bits per heavy atom. The van der Waals surface area contributed by atoms with E-state index in [-0.39, 0.29) is 23.9 Å². The maximum Gasteiger partial charge on any atom is 0.311 e. The lowest BCUT2D eigenvalue weighted by molar-refractivity contribution is -0.145. The molecule has 2 aliphatic rings. The summed E-state index contributed by atoms with van der Waals surface area (Å²) in [4.78, 5) is 33.6. The SMILES string of the molecule is O=C(O)C1C=CCC2C(=O)CC(=O)C12. The third kappa shape index (κ3) is 1.18. The van der Waals surface area contributed by atoms with Crippen LogP contribution in [0.3, 0.4) is 0 Å². The molecule has 2 aliphatic carbocycles. The molecular formula is C10H10O4. The van der Waals surface area contributed by atoms with E-state index in [4.69, 9.17) is 5.11 Å². The van der Waals surface area contributed by atoms with Gasteiger partial charge in [-0.1, -0.05) is 12.2 Å². The van der Waals surface area contributed by atoms with E-state index in [1.54, 1.807) is 6.08 Å². The monoisotopic (exact) mass is 194 g/mol. The molecule has 0 bridgehead atoms. The number of rotatable bonds is 1. The number of aliphatic carboxylic acids is 1. The van der Waals surface area contributed by atoms with E-state index < -0.39 is 17.8 Å². The van der Waals surface area contributed by atoms with Gasteiger partial charge >= 0.3 is 5.97 Å². The van der Waals surface area contributed by atoms with Gasteiger partial charge in [0.25, 0.3) is 0 Å². The van der Waals surface area contributed by atoms with Gasteiger partial charge in [0.2, 0.25) is 0 Å². The average molecular weight is 194 g/mol. The van der Waals surface area contributed by atoms with Gasteiger partial charge < -0.3 is 5.11 Å². The lowest BCUT2D eigenvalue weighted by atomic mass is 9.77. The molecule has 4 nitrogen and oxygen atoms in total. The van der Waals surface area contributed by atoms with Crippen molar-refractivity contribution in [2.24, 2.45) is 17.8 Å². The lowest BCUT2D eigenvalue weighted by Crippen LogP contribution is -2.32. The van der Waals surface area contributed by atoms with Gasteiger partial charge in [-0.05, 0) is 6.42 Å². The number of carboxylic acids is 1. The quantitative estimate of drug-likeness (QED) is 0.485. The molecule has 0 heterocycles. The lowest BCUT2D eigenvalue weighted by Gasteiger charge is -2.24. The Morgan fingerprint density at radius 3 is 2.71 bits per heavy atom. The number of carboxylic acid groups (broad SMARTS) is 1. The Hall–Kier alpha value is -1.45. The first kappa shape index (κ1) is 9.12. The van der Waals surface area contributed by atoms with E-state index in [2.05, 4.69) is 0 Å². The van der Waals surface area contributed by atoms with Crippen LogP contribution in [0, 0.1) is 17.8 Å². The number of Topliss-reactive ketones (excluding diaryl/α,β-unsaturated/α-hetero) is 2. The molecule has 1 N–H and O–H groups in total. The fourth-order valence-electron chi connectivity index (χ4n) is 2.30. The van der Waals surface area contributed by atoms with E-state index in [9.17, 15) is 14.4 Å². The van der Waals surface area contributed by atoms with E-state index in [0.29, 0.717) is 6.42 Å². The van der Waals surface area contributed by atoms with Gasteiger partial charge in [-0.3, -0.25) is 14.4 Å². The first-order valence-electron chi connectivity index (χ1n) is 4.56. The molecular weight excluding hydrogens is 184 g/mol. The minimum Gasteiger partial charge on any atom is -0.481 e. The minimum atomic E-state index is -1.01. The van der Waals surface area contributed by atoms with Crippen molar-refractivity contribution >= 4 is 17.5 Å². The predicted molar refractivity (Wildman–Crippen MR) is 46.5 cm³/mol. The van der Waals surface area contributed by atoms with Crippen LogP contribution in [0.5, 0.6) is 0 Å². The van der Waals surface area contributed by atoms with E-state index in [1.165, 1.54) is 6.08 Å². The van der Waals surface area contributed by atoms with Gasteiger partial charge in [-0.2, -0.15) is 0 Å². The van der Waals surface area contributed by atoms with Gasteiger partial charge in [0.15, 0.2) is 0 Å². The molecule has 4 heteroatoms. The molecule has 0 saturated heterocycles. The van der Waals surface area contributed by atoms with Crippen molar-refractivity contribution in [1.82, 2.24) is 0 Å². The van der Waals surface area contributed by atoms with E-state index >= 15 is 0 Å². The summed E-state index contributed by atoms with van der Waals surface area (Å²) in [5.41, 5.74) is 0. The molecule has 0 amide bonds. The average Bonchev–Trinajstić information content (AvgIpc) is 2.43. The third-order valence-electron chi connectivity index (χ3n) is 2.97. The summed E-state index contributed by atoms with van der Waals surface area (Å²) in [7, 11) is 0. The van der Waals surface area contributed by atoms with Gasteiger partial charge in [0.1, 0.15) is 11.6 Å². The van der Waals surface area contributed by atoms with Crippen LogP contribution in [0.4, 0.5) is 0 Å². The molecule has 3 unspecified atom stereocenters. The standard InChI is InChI=1S/C10H10O4/c11-7-4-8(12)9-5(7)2-1-3-6(9)10(13)14/h1,3,5-6,9H,2,4H2,(H,13,14). The topological polar surface area (TPSA) is 71.4 Å². The molecule has 0 aromatic carbocycles. The number of ketones is 2. The van der Waals surface area contributed by atoms with Crippen LogP contribution in [0.1, 0.15) is 12.8 Å². The maximum absolute atomic E-state index is 11.4. The summed E-state index contributed by atoms with van der Waals surface area (Å²) < 4.78 is 0. The largest absolute Gasteiger partial charge is 0.481 e. The maximum atomic E-state index is 11.4. The molecule has 0 aromatic rings. The number of carbonyl (C=O) groups excluding carboxylic acids is 2.